The number of halogens is 3. The van der Waals surface area contributed by atoms with E-state index < -0.39 is 11.7 Å². The van der Waals surface area contributed by atoms with Gasteiger partial charge < -0.3 is 0 Å². The maximum absolute atomic E-state index is 12.7. The van der Waals surface area contributed by atoms with Gasteiger partial charge in [0.1, 0.15) is 6.29 Å². The topological polar surface area (TPSA) is 65.8 Å². The van der Waals surface area contributed by atoms with E-state index in [9.17, 15) is 18.0 Å². The summed E-state index contributed by atoms with van der Waals surface area (Å²) in [5.41, 5.74) is 6.99. The Morgan fingerprint density at radius 3 is 2.67 bits per heavy atom. The Kier molecular flexibility index (Phi) is 4.51. The van der Waals surface area contributed by atoms with Gasteiger partial charge in [-0.05, 0) is 17.2 Å². The molecule has 0 spiro atoms. The van der Waals surface area contributed by atoms with Crippen LogP contribution in [-0.4, -0.2) is 12.8 Å². The molecule has 1 aromatic carbocycles. The number of aldehydes is 1. The molecule has 18 heavy (non-hydrogen) atoms. The molecule has 0 amide bonds. The first-order valence-electron chi connectivity index (χ1n) is 4.83. The van der Waals surface area contributed by atoms with E-state index in [0.29, 0.717) is 6.29 Å². The molecular weight excluding hydrogens is 247 g/mol. The number of nitrogens with zero attached hydrogens (tertiary/aromatic N) is 3. The number of hydrogen-bond donors (Lipinski definition) is 0. The molecule has 0 heterocycles. The first-order chi connectivity index (χ1) is 8.49. The highest BCUT2D eigenvalue weighted by molar-refractivity contribution is 5.76. The van der Waals surface area contributed by atoms with E-state index in [4.69, 9.17) is 5.53 Å². The highest BCUT2D eigenvalue weighted by atomic mass is 19.4. The molecule has 0 saturated heterocycles. The summed E-state index contributed by atoms with van der Waals surface area (Å²) in [6, 6.07) is 3.26. The number of rotatable bonds is 4. The summed E-state index contributed by atoms with van der Waals surface area (Å²) < 4.78 is 38.1. The van der Waals surface area contributed by atoms with E-state index >= 15 is 0 Å². The molecule has 0 atom stereocenters. The van der Waals surface area contributed by atoms with Gasteiger partial charge in [0.05, 0.1) is 5.56 Å². The molecule has 0 aliphatic carbocycles. The molecule has 1 rings (SSSR count). The molecule has 0 saturated carbocycles. The summed E-state index contributed by atoms with van der Waals surface area (Å²) in [5.74, 6) is 0. The lowest BCUT2D eigenvalue weighted by atomic mass is 10.0. The van der Waals surface area contributed by atoms with Gasteiger partial charge in [-0.2, -0.15) is 13.2 Å². The third-order valence-corrected chi connectivity index (χ3v) is 2.07. The highest BCUT2D eigenvalue weighted by Crippen LogP contribution is 2.33. The van der Waals surface area contributed by atoms with Gasteiger partial charge in [0, 0.05) is 17.0 Å². The van der Waals surface area contributed by atoms with Gasteiger partial charge in [-0.3, -0.25) is 4.79 Å². The smallest absolute Gasteiger partial charge is 0.298 e. The van der Waals surface area contributed by atoms with Crippen molar-refractivity contribution in [2.45, 2.75) is 6.18 Å². The van der Waals surface area contributed by atoms with Crippen molar-refractivity contribution in [2.24, 2.45) is 5.11 Å². The van der Waals surface area contributed by atoms with E-state index in [1.165, 1.54) is 24.3 Å². The largest absolute Gasteiger partial charge is 0.417 e. The van der Waals surface area contributed by atoms with E-state index in [2.05, 4.69) is 10.0 Å². The van der Waals surface area contributed by atoms with Gasteiger partial charge in [-0.1, -0.05) is 29.4 Å². The van der Waals surface area contributed by atoms with Crippen LogP contribution in [0.25, 0.3) is 16.5 Å². The van der Waals surface area contributed by atoms with Gasteiger partial charge in [-0.25, -0.2) is 0 Å². The Hall–Kier alpha value is -2.27. The number of carbonyl (C=O) groups excluding carboxylic acids is 1. The molecule has 7 heteroatoms. The SMILES string of the molecule is [N-]=[N+]=NCC=Cc1ccc(C=O)cc1C(F)(F)F. The minimum atomic E-state index is -4.54. The molecule has 1 aromatic rings. The zero-order chi connectivity index (χ0) is 13.6. The fourth-order valence-electron chi connectivity index (χ4n) is 1.30. The Balaban J connectivity index is 3.14. The number of azide groups is 1. The third-order valence-electron chi connectivity index (χ3n) is 2.07. The lowest BCUT2D eigenvalue weighted by Crippen LogP contribution is -2.08. The van der Waals surface area contributed by atoms with E-state index in [1.54, 1.807) is 0 Å². The monoisotopic (exact) mass is 255 g/mol. The Labute approximate surface area is 100 Å². The predicted molar refractivity (Wildman–Crippen MR) is 59.9 cm³/mol. The number of carbonyl (C=O) groups is 1. The van der Waals surface area contributed by atoms with Crippen molar-refractivity contribution in [3.05, 3.63) is 51.4 Å². The van der Waals surface area contributed by atoms with Crippen LogP contribution >= 0.6 is 0 Å². The summed E-state index contributed by atoms with van der Waals surface area (Å²) in [4.78, 5) is 12.9. The number of hydrogen-bond acceptors (Lipinski definition) is 2. The van der Waals surface area contributed by atoms with Crippen LogP contribution in [-0.2, 0) is 6.18 Å². The van der Waals surface area contributed by atoms with Gasteiger partial charge in [-0.15, -0.1) is 0 Å². The number of alkyl halides is 3. The first kappa shape index (κ1) is 13.8. The van der Waals surface area contributed by atoms with Crippen LogP contribution in [0.5, 0.6) is 0 Å². The van der Waals surface area contributed by atoms with Crippen molar-refractivity contribution < 1.29 is 18.0 Å². The van der Waals surface area contributed by atoms with Gasteiger partial charge in [0.2, 0.25) is 0 Å². The van der Waals surface area contributed by atoms with Crippen LogP contribution < -0.4 is 0 Å². The third kappa shape index (κ3) is 3.64. The molecule has 0 fully saturated rings. The maximum atomic E-state index is 12.7. The molecule has 0 radical (unpaired) electrons. The molecule has 4 nitrogen and oxygen atoms in total. The predicted octanol–water partition coefficient (Wildman–Crippen LogP) is 3.84. The minimum absolute atomic E-state index is 0.0385. The Morgan fingerprint density at radius 1 is 1.39 bits per heavy atom. The summed E-state index contributed by atoms with van der Waals surface area (Å²) in [6.45, 7) is -0.0385. The quantitative estimate of drug-likeness (QED) is 0.349. The lowest BCUT2D eigenvalue weighted by molar-refractivity contribution is -0.137. The second-order valence-electron chi connectivity index (χ2n) is 3.28. The van der Waals surface area contributed by atoms with E-state index in [-0.39, 0.29) is 17.7 Å². The second-order valence-corrected chi connectivity index (χ2v) is 3.28. The average Bonchev–Trinajstić information content (AvgIpc) is 2.33. The minimum Gasteiger partial charge on any atom is -0.298 e. The van der Waals surface area contributed by atoms with Crippen LogP contribution in [0.4, 0.5) is 13.2 Å². The van der Waals surface area contributed by atoms with Crippen molar-refractivity contribution in [2.75, 3.05) is 6.54 Å². The molecule has 0 aliphatic rings. The maximum Gasteiger partial charge on any atom is 0.417 e. The van der Waals surface area contributed by atoms with Crippen molar-refractivity contribution in [1.29, 1.82) is 0 Å². The zero-order valence-electron chi connectivity index (χ0n) is 9.05. The van der Waals surface area contributed by atoms with Crippen molar-refractivity contribution in [3.8, 4) is 0 Å². The van der Waals surface area contributed by atoms with Crippen LogP contribution in [0.1, 0.15) is 21.5 Å². The first-order valence-corrected chi connectivity index (χ1v) is 4.83. The standard InChI is InChI=1S/C11H8F3N3O/c12-11(13,14)10-6-8(7-18)3-4-9(10)2-1-5-16-17-15/h1-4,6-7H,5H2. The normalized spacial score (nSPS) is 11.3. The van der Waals surface area contributed by atoms with Crippen LogP contribution in [0, 0.1) is 0 Å². The van der Waals surface area contributed by atoms with Crippen LogP contribution in [0.15, 0.2) is 29.4 Å². The highest BCUT2D eigenvalue weighted by Gasteiger charge is 2.32. The molecule has 0 bridgehead atoms. The summed E-state index contributed by atoms with van der Waals surface area (Å²) in [6.07, 6.45) is -1.68. The molecule has 0 N–H and O–H groups in total. The van der Waals surface area contributed by atoms with Gasteiger partial charge in [0.25, 0.3) is 0 Å². The Morgan fingerprint density at radius 2 is 2.11 bits per heavy atom. The lowest BCUT2D eigenvalue weighted by Gasteiger charge is -2.10. The van der Waals surface area contributed by atoms with E-state index in [0.717, 1.165) is 6.07 Å². The number of benzene rings is 1. The fraction of sp³-hybridized carbons (Fsp3) is 0.182. The molecule has 0 aliphatic heterocycles. The molecule has 0 unspecified atom stereocenters. The van der Waals surface area contributed by atoms with Gasteiger partial charge >= 0.3 is 6.18 Å². The fourth-order valence-corrected chi connectivity index (χ4v) is 1.30. The molecule has 94 valence electrons. The van der Waals surface area contributed by atoms with E-state index in [1.807, 2.05) is 0 Å². The van der Waals surface area contributed by atoms with Gasteiger partial charge in [0.15, 0.2) is 0 Å². The van der Waals surface area contributed by atoms with Crippen LogP contribution in [0.2, 0.25) is 0 Å². The molecular formula is C11H8F3N3O. The van der Waals surface area contributed by atoms with Crippen molar-refractivity contribution in [3.63, 3.8) is 0 Å². The van der Waals surface area contributed by atoms with Crippen molar-refractivity contribution >= 4 is 12.4 Å². The average molecular weight is 255 g/mol. The summed E-state index contributed by atoms with van der Waals surface area (Å²) >= 11 is 0. The second kappa shape index (κ2) is 5.88. The van der Waals surface area contributed by atoms with Crippen LogP contribution in [0.3, 0.4) is 0 Å². The molecule has 0 aromatic heterocycles. The Bertz CT molecular complexity index is 517. The summed E-state index contributed by atoms with van der Waals surface area (Å²) in [5, 5.41) is 3.17. The summed E-state index contributed by atoms with van der Waals surface area (Å²) in [7, 11) is 0. The zero-order valence-corrected chi connectivity index (χ0v) is 9.05. The van der Waals surface area contributed by atoms with Crippen molar-refractivity contribution in [1.82, 2.24) is 0 Å².